The van der Waals surface area contributed by atoms with Crippen LogP contribution in [-0.2, 0) is 14.8 Å². The third kappa shape index (κ3) is 4.75. The van der Waals surface area contributed by atoms with Crippen LogP contribution in [0.2, 0.25) is 0 Å². The molecule has 0 fully saturated rings. The van der Waals surface area contributed by atoms with E-state index < -0.39 is 10.0 Å². The van der Waals surface area contributed by atoms with Gasteiger partial charge in [-0.05, 0) is 37.6 Å². The number of methoxy groups -OCH3 is 1. The molecule has 1 N–H and O–H groups in total. The maximum absolute atomic E-state index is 11.9. The van der Waals surface area contributed by atoms with E-state index in [4.69, 9.17) is 4.74 Å². The molecule has 1 rings (SSSR count). The van der Waals surface area contributed by atoms with E-state index >= 15 is 0 Å². The van der Waals surface area contributed by atoms with Crippen LogP contribution < -0.4 is 4.72 Å². The topological polar surface area (TPSA) is 55.4 Å². The summed E-state index contributed by atoms with van der Waals surface area (Å²) in [6.45, 7) is 2.35. The summed E-state index contributed by atoms with van der Waals surface area (Å²) in [5.41, 5.74) is 0. The Balaban J connectivity index is 2.71. The van der Waals surface area contributed by atoms with Gasteiger partial charge in [-0.3, -0.25) is 0 Å². The van der Waals surface area contributed by atoms with Crippen molar-refractivity contribution in [2.24, 2.45) is 0 Å². The zero-order chi connectivity index (χ0) is 12.9. The van der Waals surface area contributed by atoms with E-state index in [1.165, 1.54) is 0 Å². The third-order valence-corrected chi connectivity index (χ3v) is 4.37. The van der Waals surface area contributed by atoms with Crippen molar-refractivity contribution in [2.75, 3.05) is 13.7 Å². The van der Waals surface area contributed by atoms with Crippen molar-refractivity contribution < 1.29 is 13.2 Å². The molecule has 4 nitrogen and oxygen atoms in total. The lowest BCUT2D eigenvalue weighted by Crippen LogP contribution is -2.33. The minimum atomic E-state index is -3.43. The van der Waals surface area contributed by atoms with Gasteiger partial charge in [-0.25, -0.2) is 13.1 Å². The van der Waals surface area contributed by atoms with Crippen LogP contribution in [0, 0.1) is 0 Å². The second kappa shape index (κ2) is 6.49. The Bertz CT molecular complexity index is 444. The van der Waals surface area contributed by atoms with E-state index in [9.17, 15) is 8.42 Å². The van der Waals surface area contributed by atoms with E-state index in [0.717, 1.165) is 4.47 Å². The molecule has 0 bridgehead atoms. The monoisotopic (exact) mass is 321 g/mol. The molecule has 0 aliphatic rings. The molecule has 0 amide bonds. The van der Waals surface area contributed by atoms with Gasteiger partial charge >= 0.3 is 0 Å². The number of rotatable bonds is 6. The molecule has 1 aromatic rings. The van der Waals surface area contributed by atoms with Crippen LogP contribution in [-0.4, -0.2) is 28.2 Å². The second-order valence-corrected chi connectivity index (χ2v) is 6.39. The predicted molar refractivity (Wildman–Crippen MR) is 70.4 cm³/mol. The first-order chi connectivity index (χ1) is 7.95. The van der Waals surface area contributed by atoms with E-state index in [1.54, 1.807) is 31.4 Å². The highest BCUT2D eigenvalue weighted by Crippen LogP contribution is 2.15. The van der Waals surface area contributed by atoms with Gasteiger partial charge < -0.3 is 4.74 Å². The molecular formula is C11H16BrNO3S. The van der Waals surface area contributed by atoms with Gasteiger partial charge in [0, 0.05) is 24.2 Å². The highest BCUT2D eigenvalue weighted by atomic mass is 79.9. The molecule has 0 spiro atoms. The summed E-state index contributed by atoms with van der Waals surface area (Å²) in [6.07, 6.45) is 0.645. The fourth-order valence-electron chi connectivity index (χ4n) is 1.30. The maximum atomic E-state index is 11.9. The molecule has 1 atom stereocenters. The summed E-state index contributed by atoms with van der Waals surface area (Å²) in [5.74, 6) is 0. The molecule has 17 heavy (non-hydrogen) atoms. The molecule has 1 aromatic carbocycles. The first-order valence-corrected chi connectivity index (χ1v) is 7.50. The number of nitrogens with one attached hydrogen (secondary N) is 1. The zero-order valence-electron chi connectivity index (χ0n) is 9.81. The largest absolute Gasteiger partial charge is 0.385 e. The van der Waals surface area contributed by atoms with Gasteiger partial charge in [0.2, 0.25) is 10.0 Å². The van der Waals surface area contributed by atoms with Crippen molar-refractivity contribution in [3.8, 4) is 0 Å². The van der Waals surface area contributed by atoms with Crippen LogP contribution in [0.1, 0.15) is 13.3 Å². The Morgan fingerprint density at radius 1 is 1.35 bits per heavy atom. The van der Waals surface area contributed by atoms with Gasteiger partial charge in [0.15, 0.2) is 0 Å². The standard InChI is InChI=1S/C11H16BrNO3S/c1-9(7-8-16-2)13-17(14,15)11-5-3-10(12)4-6-11/h3-6,9,13H,7-8H2,1-2H3. The van der Waals surface area contributed by atoms with Crippen LogP contribution in [0.5, 0.6) is 0 Å². The summed E-state index contributed by atoms with van der Waals surface area (Å²) < 4.78 is 32.3. The fraction of sp³-hybridized carbons (Fsp3) is 0.455. The quantitative estimate of drug-likeness (QED) is 0.873. The average molecular weight is 322 g/mol. The first kappa shape index (κ1) is 14.6. The molecule has 0 aliphatic carbocycles. The number of hydrogen-bond donors (Lipinski definition) is 1. The van der Waals surface area contributed by atoms with Gasteiger partial charge in [0.25, 0.3) is 0 Å². The number of halogens is 1. The lowest BCUT2D eigenvalue weighted by atomic mass is 10.3. The number of ether oxygens (including phenoxy) is 1. The lowest BCUT2D eigenvalue weighted by Gasteiger charge is -2.13. The Labute approximate surface area is 111 Å². The van der Waals surface area contributed by atoms with Gasteiger partial charge in [-0.15, -0.1) is 0 Å². The van der Waals surface area contributed by atoms with E-state index in [2.05, 4.69) is 20.7 Å². The highest BCUT2D eigenvalue weighted by molar-refractivity contribution is 9.10. The van der Waals surface area contributed by atoms with Crippen molar-refractivity contribution in [1.29, 1.82) is 0 Å². The van der Waals surface area contributed by atoms with Crippen LogP contribution in [0.15, 0.2) is 33.6 Å². The minimum absolute atomic E-state index is 0.149. The summed E-state index contributed by atoms with van der Waals surface area (Å²) >= 11 is 3.27. The minimum Gasteiger partial charge on any atom is -0.385 e. The van der Waals surface area contributed by atoms with Crippen LogP contribution >= 0.6 is 15.9 Å². The Kier molecular flexibility index (Phi) is 5.58. The molecule has 0 radical (unpaired) electrons. The third-order valence-electron chi connectivity index (χ3n) is 2.24. The molecular weight excluding hydrogens is 306 g/mol. The second-order valence-electron chi connectivity index (χ2n) is 3.76. The van der Waals surface area contributed by atoms with E-state index in [0.29, 0.717) is 13.0 Å². The van der Waals surface area contributed by atoms with Gasteiger partial charge in [0.1, 0.15) is 0 Å². The van der Waals surface area contributed by atoms with Crippen molar-refractivity contribution >= 4 is 26.0 Å². The van der Waals surface area contributed by atoms with Gasteiger partial charge in [-0.2, -0.15) is 0 Å². The molecule has 0 saturated carbocycles. The predicted octanol–water partition coefficient (Wildman–Crippen LogP) is 2.15. The molecule has 0 saturated heterocycles. The van der Waals surface area contributed by atoms with Crippen molar-refractivity contribution in [2.45, 2.75) is 24.3 Å². The molecule has 6 heteroatoms. The molecule has 0 heterocycles. The zero-order valence-corrected chi connectivity index (χ0v) is 12.2. The number of sulfonamides is 1. The normalized spacial score (nSPS) is 13.6. The SMILES string of the molecule is COCCC(C)NS(=O)(=O)c1ccc(Br)cc1. The maximum Gasteiger partial charge on any atom is 0.240 e. The van der Waals surface area contributed by atoms with Gasteiger partial charge in [-0.1, -0.05) is 15.9 Å². The van der Waals surface area contributed by atoms with Crippen molar-refractivity contribution in [3.05, 3.63) is 28.7 Å². The Morgan fingerprint density at radius 2 is 1.94 bits per heavy atom. The van der Waals surface area contributed by atoms with Crippen LogP contribution in [0.25, 0.3) is 0 Å². The number of benzene rings is 1. The average Bonchev–Trinajstić information content (AvgIpc) is 2.26. The van der Waals surface area contributed by atoms with Crippen LogP contribution in [0.3, 0.4) is 0 Å². The fourth-order valence-corrected chi connectivity index (χ4v) is 2.84. The van der Waals surface area contributed by atoms with E-state index in [-0.39, 0.29) is 10.9 Å². The van der Waals surface area contributed by atoms with Crippen molar-refractivity contribution in [1.82, 2.24) is 4.72 Å². The summed E-state index contributed by atoms with van der Waals surface area (Å²) in [7, 11) is -1.84. The molecule has 0 aromatic heterocycles. The Morgan fingerprint density at radius 3 is 2.47 bits per heavy atom. The molecule has 1 unspecified atom stereocenters. The smallest absolute Gasteiger partial charge is 0.240 e. The van der Waals surface area contributed by atoms with E-state index in [1.807, 2.05) is 6.92 Å². The molecule has 0 aliphatic heterocycles. The summed E-state index contributed by atoms with van der Waals surface area (Å²) in [6, 6.07) is 6.39. The summed E-state index contributed by atoms with van der Waals surface area (Å²) in [4.78, 5) is 0.268. The highest BCUT2D eigenvalue weighted by Gasteiger charge is 2.16. The molecule has 96 valence electrons. The summed E-state index contributed by atoms with van der Waals surface area (Å²) in [5, 5.41) is 0. The first-order valence-electron chi connectivity index (χ1n) is 5.22. The lowest BCUT2D eigenvalue weighted by molar-refractivity contribution is 0.188. The number of hydrogen-bond acceptors (Lipinski definition) is 3. The van der Waals surface area contributed by atoms with Crippen molar-refractivity contribution in [3.63, 3.8) is 0 Å². The van der Waals surface area contributed by atoms with Gasteiger partial charge in [0.05, 0.1) is 4.90 Å². The van der Waals surface area contributed by atoms with Crippen LogP contribution in [0.4, 0.5) is 0 Å². The Hall–Kier alpha value is -0.430.